The smallest absolute Gasteiger partial charge is 0.380 e. The molecule has 0 radical (unpaired) electrons. The van der Waals surface area contributed by atoms with Gasteiger partial charge in [-0.05, 0) is 32.4 Å². The van der Waals surface area contributed by atoms with Gasteiger partial charge in [-0.2, -0.15) is 13.2 Å². The van der Waals surface area contributed by atoms with Crippen molar-refractivity contribution in [3.8, 4) is 0 Å². The van der Waals surface area contributed by atoms with Gasteiger partial charge in [0.2, 0.25) is 5.91 Å². The normalized spacial score (nSPS) is 14.1. The molecule has 0 aliphatic rings. The molecule has 1 atom stereocenters. The molecule has 3 N–H and O–H groups in total. The van der Waals surface area contributed by atoms with Crippen LogP contribution in [0.1, 0.15) is 34.8 Å². The maximum absolute atomic E-state index is 12.4. The summed E-state index contributed by atoms with van der Waals surface area (Å²) in [6.45, 7) is 4.02. The Morgan fingerprint density at radius 2 is 1.77 bits per heavy atom. The van der Waals surface area contributed by atoms with Gasteiger partial charge < -0.3 is 5.11 Å². The van der Waals surface area contributed by atoms with Gasteiger partial charge in [-0.15, -0.1) is 0 Å². The second-order valence-corrected chi connectivity index (χ2v) is 5.27. The predicted molar refractivity (Wildman–Crippen MR) is 72.8 cm³/mol. The second kappa shape index (κ2) is 6.35. The van der Waals surface area contributed by atoms with Gasteiger partial charge in [0.05, 0.1) is 6.42 Å². The molecule has 22 heavy (non-hydrogen) atoms. The summed E-state index contributed by atoms with van der Waals surface area (Å²) in [6, 6.07) is 4.99. The van der Waals surface area contributed by atoms with E-state index in [0.29, 0.717) is 12.5 Å². The molecule has 122 valence electrons. The zero-order valence-electron chi connectivity index (χ0n) is 12.3. The van der Waals surface area contributed by atoms with E-state index in [4.69, 9.17) is 0 Å². The molecular weight excluding hydrogens is 301 g/mol. The highest BCUT2D eigenvalue weighted by molar-refractivity contribution is 5.96. The van der Waals surface area contributed by atoms with Crippen LogP contribution in [0.15, 0.2) is 18.2 Å². The highest BCUT2D eigenvalue weighted by atomic mass is 19.4. The average Bonchev–Trinajstić information content (AvgIpc) is 2.34. The fourth-order valence-corrected chi connectivity index (χ4v) is 1.72. The van der Waals surface area contributed by atoms with E-state index in [1.807, 2.05) is 17.8 Å². The van der Waals surface area contributed by atoms with Crippen LogP contribution in [0.3, 0.4) is 0 Å². The van der Waals surface area contributed by atoms with Gasteiger partial charge in [0.15, 0.2) is 5.60 Å². The van der Waals surface area contributed by atoms with Gasteiger partial charge in [-0.25, -0.2) is 0 Å². The van der Waals surface area contributed by atoms with Gasteiger partial charge in [0.25, 0.3) is 5.91 Å². The highest BCUT2D eigenvalue weighted by Gasteiger charge is 2.51. The monoisotopic (exact) mass is 318 g/mol. The number of amides is 2. The summed E-state index contributed by atoms with van der Waals surface area (Å²) in [5.41, 5.74) is 2.59. The van der Waals surface area contributed by atoms with Crippen molar-refractivity contribution in [2.75, 3.05) is 0 Å². The van der Waals surface area contributed by atoms with Crippen LogP contribution in [0.25, 0.3) is 0 Å². The Bertz CT molecular complexity index is 583. The summed E-state index contributed by atoms with van der Waals surface area (Å²) in [5.74, 6) is -1.81. The van der Waals surface area contributed by atoms with Crippen LogP contribution >= 0.6 is 0 Å². The largest absolute Gasteiger partial charge is 0.417 e. The summed E-state index contributed by atoms with van der Waals surface area (Å²) in [6.07, 6.45) is -6.16. The molecule has 0 bridgehead atoms. The molecule has 0 spiro atoms. The zero-order chi connectivity index (χ0) is 17.1. The molecule has 0 saturated heterocycles. The molecule has 5 nitrogen and oxygen atoms in total. The first-order valence-electron chi connectivity index (χ1n) is 6.39. The molecule has 0 aliphatic carbocycles. The number of aliphatic hydroxyl groups is 1. The molecule has 0 aliphatic heterocycles. The lowest BCUT2D eigenvalue weighted by atomic mass is 10.0. The number of rotatable bonds is 3. The Kier molecular flexibility index (Phi) is 5.18. The first-order valence-corrected chi connectivity index (χ1v) is 6.39. The predicted octanol–water partition coefficient (Wildman–Crippen LogP) is 1.77. The summed E-state index contributed by atoms with van der Waals surface area (Å²) in [7, 11) is 0. The molecule has 2 amide bonds. The minimum atomic E-state index is -4.94. The second-order valence-electron chi connectivity index (χ2n) is 5.27. The van der Waals surface area contributed by atoms with Crippen LogP contribution in [0.4, 0.5) is 13.2 Å². The van der Waals surface area contributed by atoms with Crippen LogP contribution < -0.4 is 10.9 Å². The van der Waals surface area contributed by atoms with Crippen LogP contribution in [0.5, 0.6) is 0 Å². The zero-order valence-corrected chi connectivity index (χ0v) is 12.3. The van der Waals surface area contributed by atoms with Crippen molar-refractivity contribution in [2.24, 2.45) is 0 Å². The van der Waals surface area contributed by atoms with Gasteiger partial charge in [0.1, 0.15) is 0 Å². The van der Waals surface area contributed by atoms with Crippen molar-refractivity contribution in [1.29, 1.82) is 0 Å². The SMILES string of the molecule is Cc1ccc(C(=O)NNC(=O)C[C@](C)(O)C(F)(F)F)c(C)c1. The number of alkyl halides is 3. The first-order chi connectivity index (χ1) is 9.94. The van der Waals surface area contributed by atoms with E-state index < -0.39 is 30.0 Å². The van der Waals surface area contributed by atoms with Crippen LogP contribution in [0.2, 0.25) is 0 Å². The Hall–Kier alpha value is -2.09. The van der Waals surface area contributed by atoms with Crippen LogP contribution in [0, 0.1) is 13.8 Å². The average molecular weight is 318 g/mol. The lowest BCUT2D eigenvalue weighted by Gasteiger charge is -2.25. The first kappa shape index (κ1) is 18.0. The molecule has 1 aromatic rings. The maximum atomic E-state index is 12.4. The van der Waals surface area contributed by atoms with Gasteiger partial charge in [0, 0.05) is 5.56 Å². The number of hydrogen-bond acceptors (Lipinski definition) is 3. The number of aryl methyl sites for hydroxylation is 2. The van der Waals surface area contributed by atoms with Crippen molar-refractivity contribution in [3.05, 3.63) is 34.9 Å². The van der Waals surface area contributed by atoms with E-state index in [1.165, 1.54) is 6.07 Å². The summed E-state index contributed by atoms with van der Waals surface area (Å²) < 4.78 is 37.3. The molecule has 0 unspecified atom stereocenters. The van der Waals surface area contributed by atoms with E-state index in [9.17, 15) is 27.9 Å². The lowest BCUT2D eigenvalue weighted by molar-refractivity contribution is -0.253. The van der Waals surface area contributed by atoms with Crippen LogP contribution in [-0.4, -0.2) is 28.7 Å². The van der Waals surface area contributed by atoms with Crippen molar-refractivity contribution in [3.63, 3.8) is 0 Å². The number of hydrazine groups is 1. The van der Waals surface area contributed by atoms with Crippen molar-refractivity contribution in [2.45, 2.75) is 39.0 Å². The highest BCUT2D eigenvalue weighted by Crippen LogP contribution is 2.32. The maximum Gasteiger partial charge on any atom is 0.417 e. The van der Waals surface area contributed by atoms with Crippen molar-refractivity contribution < 1.29 is 27.9 Å². The van der Waals surface area contributed by atoms with E-state index in [0.717, 1.165) is 5.56 Å². The number of benzene rings is 1. The van der Waals surface area contributed by atoms with Gasteiger partial charge >= 0.3 is 6.18 Å². The molecule has 0 fully saturated rings. The molecule has 1 rings (SSSR count). The van der Waals surface area contributed by atoms with Crippen molar-refractivity contribution in [1.82, 2.24) is 10.9 Å². The third kappa shape index (κ3) is 4.45. The standard InChI is InChI=1S/C14H17F3N2O3/c1-8-4-5-10(9(2)6-8)12(21)19-18-11(20)7-13(3,22)14(15,16)17/h4-6,22H,7H2,1-3H3,(H,18,20)(H,19,21)/t13-/m0/s1. The topological polar surface area (TPSA) is 78.4 Å². The van der Waals surface area contributed by atoms with Gasteiger partial charge in [-0.3, -0.25) is 20.4 Å². The van der Waals surface area contributed by atoms with Gasteiger partial charge in [-0.1, -0.05) is 17.7 Å². The number of carbonyl (C=O) groups is 2. The van der Waals surface area contributed by atoms with Crippen LogP contribution in [-0.2, 0) is 4.79 Å². The molecule has 0 saturated carbocycles. The third-order valence-electron chi connectivity index (χ3n) is 3.06. The number of nitrogens with one attached hydrogen (secondary N) is 2. The third-order valence-corrected chi connectivity index (χ3v) is 3.06. The number of halogens is 3. The molecule has 1 aromatic carbocycles. The summed E-state index contributed by atoms with van der Waals surface area (Å²) >= 11 is 0. The van der Waals surface area contributed by atoms with E-state index in [2.05, 4.69) is 0 Å². The fraction of sp³-hybridized carbons (Fsp3) is 0.429. The quantitative estimate of drug-likeness (QED) is 0.743. The molecule has 0 heterocycles. The lowest BCUT2D eigenvalue weighted by Crippen LogP contribution is -2.49. The Labute approximate surface area is 125 Å². The minimum Gasteiger partial charge on any atom is -0.380 e. The fourth-order valence-electron chi connectivity index (χ4n) is 1.72. The summed E-state index contributed by atoms with van der Waals surface area (Å²) in [5, 5.41) is 9.18. The molecule has 0 aromatic heterocycles. The van der Waals surface area contributed by atoms with E-state index in [-0.39, 0.29) is 5.56 Å². The molecular formula is C14H17F3N2O3. The number of carbonyl (C=O) groups excluding carboxylic acids is 2. The summed E-state index contributed by atoms with van der Waals surface area (Å²) in [4.78, 5) is 23.2. The Morgan fingerprint density at radius 1 is 1.18 bits per heavy atom. The van der Waals surface area contributed by atoms with Crippen molar-refractivity contribution >= 4 is 11.8 Å². The Morgan fingerprint density at radius 3 is 2.27 bits per heavy atom. The Balaban J connectivity index is 2.63. The van der Waals surface area contributed by atoms with E-state index in [1.54, 1.807) is 19.1 Å². The van der Waals surface area contributed by atoms with E-state index >= 15 is 0 Å². The number of hydrogen-bond donors (Lipinski definition) is 3. The molecule has 8 heteroatoms. The minimum absolute atomic E-state index is 0.286.